The molecule has 0 aromatic carbocycles. The van der Waals surface area contributed by atoms with E-state index in [1.165, 1.54) is 0 Å². The summed E-state index contributed by atoms with van der Waals surface area (Å²) in [6.45, 7) is 6.09. The first-order valence-electron chi connectivity index (χ1n) is 5.76. The monoisotopic (exact) mass is 261 g/mol. The van der Waals surface area contributed by atoms with E-state index in [1.807, 2.05) is 19.0 Å². The minimum absolute atomic E-state index is 0.215. The molecule has 18 heavy (non-hydrogen) atoms. The van der Waals surface area contributed by atoms with Crippen LogP contribution < -0.4 is 5.43 Å². The van der Waals surface area contributed by atoms with Crippen molar-refractivity contribution >= 4 is 12.2 Å². The Bertz CT molecular complexity index is 287. The highest BCUT2D eigenvalue weighted by molar-refractivity contribution is 5.72. The third-order valence-electron chi connectivity index (χ3n) is 1.84. The Morgan fingerprint density at radius 2 is 1.78 bits per heavy atom. The second-order valence-electron chi connectivity index (χ2n) is 5.20. The summed E-state index contributed by atoms with van der Waals surface area (Å²) in [7, 11) is 3.79. The SMILES string of the molecule is CN(C)CCCN(NC(=O)OC(C)(C)C)C(=O)O. The first-order chi connectivity index (χ1) is 8.11. The zero-order valence-electron chi connectivity index (χ0n) is 11.7. The predicted molar refractivity (Wildman–Crippen MR) is 67.3 cm³/mol. The van der Waals surface area contributed by atoms with Crippen molar-refractivity contribution in [2.24, 2.45) is 0 Å². The smallest absolute Gasteiger partial charge is 0.426 e. The molecule has 0 aliphatic rings. The number of hydrogen-bond donors (Lipinski definition) is 2. The van der Waals surface area contributed by atoms with Gasteiger partial charge in [0.15, 0.2) is 0 Å². The van der Waals surface area contributed by atoms with Crippen molar-refractivity contribution in [3.63, 3.8) is 0 Å². The molecule has 0 heterocycles. The molecule has 0 unspecified atom stereocenters. The Hall–Kier alpha value is -1.50. The van der Waals surface area contributed by atoms with Gasteiger partial charge in [-0.05, 0) is 47.8 Å². The van der Waals surface area contributed by atoms with Crippen molar-refractivity contribution in [2.45, 2.75) is 32.8 Å². The predicted octanol–water partition coefficient (Wildman–Crippen LogP) is 1.36. The van der Waals surface area contributed by atoms with Crippen molar-refractivity contribution < 1.29 is 19.4 Å². The summed E-state index contributed by atoms with van der Waals surface area (Å²) >= 11 is 0. The van der Waals surface area contributed by atoms with Crippen LogP contribution >= 0.6 is 0 Å². The van der Waals surface area contributed by atoms with Crippen molar-refractivity contribution in [2.75, 3.05) is 27.2 Å². The number of ether oxygens (including phenoxy) is 1. The zero-order chi connectivity index (χ0) is 14.3. The Morgan fingerprint density at radius 3 is 2.17 bits per heavy atom. The lowest BCUT2D eigenvalue weighted by atomic mass is 10.2. The van der Waals surface area contributed by atoms with E-state index in [9.17, 15) is 9.59 Å². The maximum absolute atomic E-state index is 11.4. The Kier molecular flexibility index (Phi) is 6.46. The minimum Gasteiger partial charge on any atom is -0.464 e. The van der Waals surface area contributed by atoms with Crippen LogP contribution in [0.3, 0.4) is 0 Å². The molecule has 0 saturated carbocycles. The number of hydrazine groups is 1. The number of carbonyl (C=O) groups is 2. The fraction of sp³-hybridized carbons (Fsp3) is 0.818. The van der Waals surface area contributed by atoms with Crippen LogP contribution in [-0.4, -0.2) is 60.0 Å². The highest BCUT2D eigenvalue weighted by Gasteiger charge is 2.20. The van der Waals surface area contributed by atoms with Crippen LogP contribution in [0, 0.1) is 0 Å². The zero-order valence-corrected chi connectivity index (χ0v) is 11.7. The Balaban J connectivity index is 4.19. The average Bonchev–Trinajstić information content (AvgIpc) is 2.12. The number of carbonyl (C=O) groups excluding carboxylic acids is 1. The van der Waals surface area contributed by atoms with E-state index in [0.717, 1.165) is 11.6 Å². The second kappa shape index (κ2) is 7.05. The van der Waals surface area contributed by atoms with E-state index in [-0.39, 0.29) is 6.54 Å². The van der Waals surface area contributed by atoms with Gasteiger partial charge in [-0.15, -0.1) is 0 Å². The van der Waals surface area contributed by atoms with Crippen molar-refractivity contribution in [3.05, 3.63) is 0 Å². The van der Waals surface area contributed by atoms with Crippen LogP contribution in [0.4, 0.5) is 9.59 Å². The largest absolute Gasteiger partial charge is 0.464 e. The van der Waals surface area contributed by atoms with E-state index < -0.39 is 17.8 Å². The Morgan fingerprint density at radius 1 is 1.22 bits per heavy atom. The lowest BCUT2D eigenvalue weighted by Crippen LogP contribution is -2.48. The fourth-order valence-corrected chi connectivity index (χ4v) is 1.16. The quantitative estimate of drug-likeness (QED) is 0.747. The molecule has 0 aliphatic carbocycles. The number of rotatable bonds is 4. The van der Waals surface area contributed by atoms with Crippen LogP contribution in [-0.2, 0) is 4.74 Å². The number of nitrogens with one attached hydrogen (secondary N) is 1. The molecule has 2 amide bonds. The fourth-order valence-electron chi connectivity index (χ4n) is 1.16. The van der Waals surface area contributed by atoms with Gasteiger partial charge in [-0.25, -0.2) is 20.0 Å². The Labute approximate surface area is 108 Å². The molecule has 2 N–H and O–H groups in total. The summed E-state index contributed by atoms with van der Waals surface area (Å²) in [6, 6.07) is 0. The summed E-state index contributed by atoms with van der Waals surface area (Å²) in [5, 5.41) is 9.76. The minimum atomic E-state index is -1.21. The lowest BCUT2D eigenvalue weighted by molar-refractivity contribution is 0.0327. The molecule has 7 nitrogen and oxygen atoms in total. The standard InChI is InChI=1S/C11H23N3O4/c1-11(2,3)18-9(15)12-14(10(16)17)8-6-7-13(4)5/h6-8H2,1-5H3,(H,12,15)(H,16,17). The first-order valence-corrected chi connectivity index (χ1v) is 5.76. The topological polar surface area (TPSA) is 82.1 Å². The number of nitrogens with zero attached hydrogens (tertiary/aromatic N) is 2. The van der Waals surface area contributed by atoms with Gasteiger partial charge in [0.25, 0.3) is 0 Å². The maximum Gasteiger partial charge on any atom is 0.426 e. The van der Waals surface area contributed by atoms with E-state index >= 15 is 0 Å². The molecule has 0 spiro atoms. The van der Waals surface area contributed by atoms with Crippen LogP contribution in [0.1, 0.15) is 27.2 Å². The van der Waals surface area contributed by atoms with Gasteiger partial charge >= 0.3 is 12.2 Å². The highest BCUT2D eigenvalue weighted by atomic mass is 16.6. The molecule has 0 aromatic heterocycles. The first kappa shape index (κ1) is 16.5. The lowest BCUT2D eigenvalue weighted by Gasteiger charge is -2.24. The summed E-state index contributed by atoms with van der Waals surface area (Å²) < 4.78 is 4.98. The van der Waals surface area contributed by atoms with Gasteiger partial charge in [-0.2, -0.15) is 0 Å². The second-order valence-corrected chi connectivity index (χ2v) is 5.20. The number of carboxylic acid groups (broad SMARTS) is 1. The van der Waals surface area contributed by atoms with Crippen molar-refractivity contribution in [1.82, 2.24) is 15.3 Å². The molecule has 0 radical (unpaired) electrons. The maximum atomic E-state index is 11.4. The molecule has 0 aromatic rings. The van der Waals surface area contributed by atoms with E-state index in [4.69, 9.17) is 9.84 Å². The van der Waals surface area contributed by atoms with E-state index in [1.54, 1.807) is 20.8 Å². The summed E-state index contributed by atoms with van der Waals surface area (Å²) in [4.78, 5) is 24.3. The molecule has 0 saturated heterocycles. The third kappa shape index (κ3) is 8.63. The van der Waals surface area contributed by atoms with Crippen LogP contribution in [0.25, 0.3) is 0 Å². The van der Waals surface area contributed by atoms with E-state index in [2.05, 4.69) is 5.43 Å². The van der Waals surface area contributed by atoms with Gasteiger partial charge in [0.05, 0.1) is 0 Å². The normalized spacial score (nSPS) is 11.2. The van der Waals surface area contributed by atoms with Crippen LogP contribution in [0.5, 0.6) is 0 Å². The molecule has 0 aliphatic heterocycles. The van der Waals surface area contributed by atoms with Gasteiger partial charge in [0, 0.05) is 6.54 Å². The summed E-state index contributed by atoms with van der Waals surface area (Å²) in [5.41, 5.74) is 1.55. The molecule has 106 valence electrons. The molecule has 0 rings (SSSR count). The molecule has 0 atom stereocenters. The van der Waals surface area contributed by atoms with Gasteiger partial charge in [-0.1, -0.05) is 0 Å². The highest BCUT2D eigenvalue weighted by Crippen LogP contribution is 2.06. The van der Waals surface area contributed by atoms with Gasteiger partial charge in [0.1, 0.15) is 5.60 Å². The van der Waals surface area contributed by atoms with Gasteiger partial charge in [-0.3, -0.25) is 0 Å². The number of hydrogen-bond acceptors (Lipinski definition) is 4. The van der Waals surface area contributed by atoms with Gasteiger partial charge < -0.3 is 14.7 Å². The molecular weight excluding hydrogens is 238 g/mol. The van der Waals surface area contributed by atoms with Crippen LogP contribution in [0.15, 0.2) is 0 Å². The van der Waals surface area contributed by atoms with E-state index in [0.29, 0.717) is 6.42 Å². The molecule has 0 bridgehead atoms. The summed E-state index contributed by atoms with van der Waals surface area (Å²) in [6.07, 6.45) is -1.36. The number of amides is 2. The molecule has 7 heteroatoms. The molecule has 0 fully saturated rings. The average molecular weight is 261 g/mol. The van der Waals surface area contributed by atoms with Crippen molar-refractivity contribution in [1.29, 1.82) is 0 Å². The molecular formula is C11H23N3O4. The van der Waals surface area contributed by atoms with Gasteiger partial charge in [0.2, 0.25) is 0 Å². The van der Waals surface area contributed by atoms with Crippen LogP contribution in [0.2, 0.25) is 0 Å². The third-order valence-corrected chi connectivity index (χ3v) is 1.84. The van der Waals surface area contributed by atoms with Crippen molar-refractivity contribution in [3.8, 4) is 0 Å². The summed E-state index contributed by atoms with van der Waals surface area (Å²) in [5.74, 6) is 0.